The Labute approximate surface area is 104 Å². The number of nitrogens with zero attached hydrogens (tertiary/aromatic N) is 1. The molecule has 102 valence electrons. The number of likely N-dealkylation sites (N-methyl/N-ethyl adjacent to an activating group) is 1. The number of rotatable bonds is 5. The zero-order valence-corrected chi connectivity index (χ0v) is 10.2. The van der Waals surface area contributed by atoms with Crippen LogP contribution in [0.1, 0.15) is 18.1 Å². The average Bonchev–Trinajstić information content (AvgIpc) is 2.34. The second-order valence-electron chi connectivity index (χ2n) is 3.86. The Bertz CT molecular complexity index is 393. The summed E-state index contributed by atoms with van der Waals surface area (Å²) in [5, 5.41) is 8.88. The van der Waals surface area contributed by atoms with Crippen molar-refractivity contribution in [3.63, 3.8) is 0 Å². The summed E-state index contributed by atoms with van der Waals surface area (Å²) in [5.74, 6) is 0. The van der Waals surface area contributed by atoms with Crippen molar-refractivity contribution in [2.75, 3.05) is 24.6 Å². The van der Waals surface area contributed by atoms with Crippen molar-refractivity contribution in [3.05, 3.63) is 29.3 Å². The summed E-state index contributed by atoms with van der Waals surface area (Å²) in [6, 6.07) is 4.05. The van der Waals surface area contributed by atoms with E-state index in [0.717, 1.165) is 6.07 Å². The minimum absolute atomic E-state index is 0.0650. The van der Waals surface area contributed by atoms with Crippen LogP contribution in [0.3, 0.4) is 0 Å². The Morgan fingerprint density at radius 2 is 2.00 bits per heavy atom. The van der Waals surface area contributed by atoms with Crippen LogP contribution >= 0.6 is 0 Å². The molecule has 1 rings (SSSR count). The third kappa shape index (κ3) is 3.36. The van der Waals surface area contributed by atoms with Gasteiger partial charge in [-0.2, -0.15) is 13.2 Å². The highest BCUT2D eigenvalue weighted by Crippen LogP contribution is 2.37. The lowest BCUT2D eigenvalue weighted by atomic mass is 10.1. The predicted molar refractivity (Wildman–Crippen MR) is 64.3 cm³/mol. The summed E-state index contributed by atoms with van der Waals surface area (Å²) >= 11 is 0. The van der Waals surface area contributed by atoms with Gasteiger partial charge in [-0.1, -0.05) is 6.07 Å². The van der Waals surface area contributed by atoms with Crippen LogP contribution in [0.25, 0.3) is 0 Å². The number of aliphatic hydroxyl groups is 1. The maximum absolute atomic E-state index is 13.0. The fraction of sp³-hybridized carbons (Fsp3) is 0.500. The highest BCUT2D eigenvalue weighted by molar-refractivity contribution is 5.56. The highest BCUT2D eigenvalue weighted by atomic mass is 19.4. The Morgan fingerprint density at radius 1 is 1.33 bits per heavy atom. The number of halogens is 3. The molecule has 6 heteroatoms. The van der Waals surface area contributed by atoms with E-state index in [1.165, 1.54) is 11.0 Å². The van der Waals surface area contributed by atoms with Gasteiger partial charge in [-0.15, -0.1) is 0 Å². The van der Waals surface area contributed by atoms with Crippen LogP contribution in [-0.2, 0) is 12.7 Å². The molecule has 0 fully saturated rings. The molecular formula is C12H17F3N2O. The summed E-state index contributed by atoms with van der Waals surface area (Å²) in [5.41, 5.74) is 5.17. The number of aliphatic hydroxyl groups excluding tert-OH is 1. The molecule has 18 heavy (non-hydrogen) atoms. The van der Waals surface area contributed by atoms with Crippen LogP contribution in [-0.4, -0.2) is 24.8 Å². The summed E-state index contributed by atoms with van der Waals surface area (Å²) in [6.45, 7) is 2.18. The number of hydrogen-bond donors (Lipinski definition) is 2. The normalized spacial score (nSPS) is 11.7. The van der Waals surface area contributed by atoms with Crippen LogP contribution in [0.2, 0.25) is 0 Å². The lowest BCUT2D eigenvalue weighted by Crippen LogP contribution is -2.28. The van der Waals surface area contributed by atoms with Gasteiger partial charge >= 0.3 is 6.18 Å². The van der Waals surface area contributed by atoms with E-state index < -0.39 is 11.7 Å². The molecule has 0 bridgehead atoms. The monoisotopic (exact) mass is 262 g/mol. The summed E-state index contributed by atoms with van der Waals surface area (Å²) < 4.78 is 38.9. The van der Waals surface area contributed by atoms with Crippen LogP contribution in [0.5, 0.6) is 0 Å². The third-order valence-corrected chi connectivity index (χ3v) is 2.69. The van der Waals surface area contributed by atoms with Gasteiger partial charge in [0.05, 0.1) is 12.2 Å². The predicted octanol–water partition coefficient (Wildman–Crippen LogP) is 1.98. The van der Waals surface area contributed by atoms with Crippen LogP contribution in [0.15, 0.2) is 18.2 Å². The second-order valence-corrected chi connectivity index (χ2v) is 3.86. The lowest BCUT2D eigenvalue weighted by molar-refractivity contribution is -0.137. The van der Waals surface area contributed by atoms with E-state index >= 15 is 0 Å². The highest BCUT2D eigenvalue weighted by Gasteiger charge is 2.34. The quantitative estimate of drug-likeness (QED) is 0.853. The molecule has 1 aromatic rings. The largest absolute Gasteiger partial charge is 0.418 e. The minimum Gasteiger partial charge on any atom is -0.395 e. The van der Waals surface area contributed by atoms with Gasteiger partial charge in [0.25, 0.3) is 0 Å². The molecule has 0 radical (unpaired) electrons. The summed E-state index contributed by atoms with van der Waals surface area (Å²) in [7, 11) is 0. The van der Waals surface area contributed by atoms with Gasteiger partial charge < -0.3 is 15.7 Å². The molecule has 0 heterocycles. The van der Waals surface area contributed by atoms with Crippen LogP contribution in [0.4, 0.5) is 18.9 Å². The Morgan fingerprint density at radius 3 is 2.44 bits per heavy atom. The fourth-order valence-electron chi connectivity index (χ4n) is 1.78. The van der Waals surface area contributed by atoms with Gasteiger partial charge in [0.15, 0.2) is 0 Å². The first kappa shape index (κ1) is 14.8. The van der Waals surface area contributed by atoms with Gasteiger partial charge in [-0.25, -0.2) is 0 Å². The molecular weight excluding hydrogens is 245 g/mol. The Hall–Kier alpha value is -1.27. The molecule has 0 aromatic heterocycles. The first-order valence-corrected chi connectivity index (χ1v) is 5.70. The van der Waals surface area contributed by atoms with Crippen molar-refractivity contribution in [1.29, 1.82) is 0 Å². The number of benzene rings is 1. The van der Waals surface area contributed by atoms with Crippen LogP contribution in [0, 0.1) is 0 Å². The van der Waals surface area contributed by atoms with Gasteiger partial charge in [-0.3, -0.25) is 0 Å². The topological polar surface area (TPSA) is 49.5 Å². The molecule has 0 amide bonds. The van der Waals surface area contributed by atoms with Crippen molar-refractivity contribution in [2.45, 2.75) is 19.6 Å². The molecule has 0 saturated carbocycles. The first-order chi connectivity index (χ1) is 8.43. The zero-order chi connectivity index (χ0) is 13.8. The van der Waals surface area contributed by atoms with Gasteiger partial charge in [0.1, 0.15) is 0 Å². The van der Waals surface area contributed by atoms with Crippen molar-refractivity contribution >= 4 is 5.69 Å². The molecule has 3 nitrogen and oxygen atoms in total. The SMILES string of the molecule is CCN(CCO)c1ccc(CN)cc1C(F)(F)F. The van der Waals surface area contributed by atoms with E-state index in [1.54, 1.807) is 13.0 Å². The summed E-state index contributed by atoms with van der Waals surface area (Å²) in [6.07, 6.45) is -4.43. The zero-order valence-electron chi connectivity index (χ0n) is 10.2. The molecule has 1 aromatic carbocycles. The minimum atomic E-state index is -4.43. The van der Waals surface area contributed by atoms with Gasteiger partial charge in [-0.05, 0) is 24.6 Å². The van der Waals surface area contributed by atoms with Crippen molar-refractivity contribution in [2.24, 2.45) is 5.73 Å². The second kappa shape index (κ2) is 6.06. The first-order valence-electron chi connectivity index (χ1n) is 5.70. The van der Waals surface area contributed by atoms with Crippen molar-refractivity contribution in [3.8, 4) is 0 Å². The fourth-order valence-corrected chi connectivity index (χ4v) is 1.78. The molecule has 0 aliphatic rings. The van der Waals surface area contributed by atoms with E-state index in [1.807, 2.05) is 0 Å². The van der Waals surface area contributed by atoms with E-state index in [0.29, 0.717) is 12.1 Å². The standard InChI is InChI=1S/C12H17F3N2O/c1-2-17(5-6-18)11-4-3-9(8-16)7-10(11)12(13,14)15/h3-4,7,18H,2,5-6,8,16H2,1H3. The van der Waals surface area contributed by atoms with E-state index in [2.05, 4.69) is 0 Å². The molecule has 0 unspecified atom stereocenters. The van der Waals surface area contributed by atoms with Gasteiger partial charge in [0, 0.05) is 25.3 Å². The maximum atomic E-state index is 13.0. The van der Waals surface area contributed by atoms with E-state index in [9.17, 15) is 13.2 Å². The van der Waals surface area contributed by atoms with E-state index in [4.69, 9.17) is 10.8 Å². The Balaban J connectivity index is 3.25. The maximum Gasteiger partial charge on any atom is 0.418 e. The molecule has 0 spiro atoms. The van der Waals surface area contributed by atoms with Crippen LogP contribution < -0.4 is 10.6 Å². The van der Waals surface area contributed by atoms with E-state index in [-0.39, 0.29) is 25.4 Å². The van der Waals surface area contributed by atoms with Crippen molar-refractivity contribution < 1.29 is 18.3 Å². The lowest BCUT2D eigenvalue weighted by Gasteiger charge is -2.26. The van der Waals surface area contributed by atoms with Gasteiger partial charge in [0.2, 0.25) is 0 Å². The third-order valence-electron chi connectivity index (χ3n) is 2.69. The molecule has 0 aliphatic carbocycles. The number of nitrogens with two attached hydrogens (primary N) is 1. The average molecular weight is 262 g/mol. The summed E-state index contributed by atoms with van der Waals surface area (Å²) in [4.78, 5) is 1.49. The van der Waals surface area contributed by atoms with Crippen molar-refractivity contribution in [1.82, 2.24) is 0 Å². The number of anilines is 1. The molecule has 0 saturated heterocycles. The smallest absolute Gasteiger partial charge is 0.395 e. The Kier molecular flexibility index (Phi) is 4.98. The number of hydrogen-bond acceptors (Lipinski definition) is 3. The molecule has 0 atom stereocenters. The molecule has 3 N–H and O–H groups in total. The molecule has 0 aliphatic heterocycles. The number of alkyl halides is 3.